The number of carbonyl (C=O) groups excluding carboxylic acids is 1. The first kappa shape index (κ1) is 10.5. The summed E-state index contributed by atoms with van der Waals surface area (Å²) in [5.74, 6) is -0.0603. The molecule has 1 atom stereocenters. The van der Waals surface area contributed by atoms with Crippen LogP contribution < -0.4 is 5.32 Å². The molecular weight excluding hydrogens is 166 g/mol. The van der Waals surface area contributed by atoms with Gasteiger partial charge in [-0.15, -0.1) is 0 Å². The lowest BCUT2D eigenvalue weighted by atomic mass is 10.1. The largest absolute Gasteiger partial charge is 0.464 e. The summed E-state index contributed by atoms with van der Waals surface area (Å²) in [6, 6.07) is 0.398. The molecule has 1 saturated heterocycles. The van der Waals surface area contributed by atoms with Crippen LogP contribution in [0.2, 0.25) is 0 Å². The van der Waals surface area contributed by atoms with Crippen molar-refractivity contribution in [2.75, 3.05) is 13.2 Å². The molecule has 0 radical (unpaired) electrons. The molecule has 0 saturated carbocycles. The number of piperidine rings is 1. The summed E-state index contributed by atoms with van der Waals surface area (Å²) in [6.07, 6.45) is 5.06. The minimum atomic E-state index is -0.0603. The lowest BCUT2D eigenvalue weighted by Gasteiger charge is -2.22. The van der Waals surface area contributed by atoms with E-state index < -0.39 is 0 Å². The topological polar surface area (TPSA) is 38.3 Å². The van der Waals surface area contributed by atoms with Gasteiger partial charge in [-0.3, -0.25) is 4.79 Å². The second kappa shape index (κ2) is 5.97. The van der Waals surface area contributed by atoms with Crippen molar-refractivity contribution in [3.8, 4) is 0 Å². The van der Waals surface area contributed by atoms with Crippen molar-refractivity contribution in [3.05, 3.63) is 0 Å². The molecule has 1 N–H and O–H groups in total. The third kappa shape index (κ3) is 4.27. The number of carbonyl (C=O) groups is 1. The van der Waals surface area contributed by atoms with Gasteiger partial charge >= 0.3 is 5.97 Å². The van der Waals surface area contributed by atoms with Gasteiger partial charge < -0.3 is 10.1 Å². The van der Waals surface area contributed by atoms with Gasteiger partial charge in [0, 0.05) is 12.5 Å². The summed E-state index contributed by atoms with van der Waals surface area (Å²) in [5, 5.41) is 3.34. The van der Waals surface area contributed by atoms with Crippen LogP contribution in [0.4, 0.5) is 0 Å². The van der Waals surface area contributed by atoms with Gasteiger partial charge in [0.25, 0.3) is 0 Å². The Morgan fingerprint density at radius 1 is 1.54 bits per heavy atom. The van der Waals surface area contributed by atoms with Crippen LogP contribution in [0.15, 0.2) is 0 Å². The van der Waals surface area contributed by atoms with Gasteiger partial charge in [-0.2, -0.15) is 0 Å². The molecule has 0 aromatic heterocycles. The highest BCUT2D eigenvalue weighted by Gasteiger charge is 2.13. The molecule has 0 aliphatic carbocycles. The Morgan fingerprint density at radius 3 is 3.00 bits per heavy atom. The summed E-state index contributed by atoms with van der Waals surface area (Å²) >= 11 is 0. The molecule has 0 unspecified atom stereocenters. The Hall–Kier alpha value is -0.570. The third-order valence-corrected chi connectivity index (χ3v) is 2.31. The zero-order valence-corrected chi connectivity index (χ0v) is 8.34. The van der Waals surface area contributed by atoms with Crippen molar-refractivity contribution in [3.63, 3.8) is 0 Å². The fourth-order valence-corrected chi connectivity index (χ4v) is 1.54. The van der Waals surface area contributed by atoms with E-state index in [4.69, 9.17) is 4.74 Å². The molecule has 0 bridgehead atoms. The second-order valence-electron chi connectivity index (χ2n) is 3.58. The molecule has 0 spiro atoms. The molecule has 1 heterocycles. The number of rotatable bonds is 4. The number of nitrogens with one attached hydrogen (secondary N) is 1. The van der Waals surface area contributed by atoms with Crippen molar-refractivity contribution in [1.82, 2.24) is 5.32 Å². The first-order chi connectivity index (χ1) is 6.33. The van der Waals surface area contributed by atoms with Gasteiger partial charge in [-0.05, 0) is 25.8 Å². The maximum Gasteiger partial charge on any atom is 0.305 e. The number of hydrogen-bond donors (Lipinski definition) is 1. The quantitative estimate of drug-likeness (QED) is 0.674. The Labute approximate surface area is 79.8 Å². The first-order valence-electron chi connectivity index (χ1n) is 5.22. The van der Waals surface area contributed by atoms with Gasteiger partial charge in [-0.25, -0.2) is 0 Å². The Bertz CT molecular complexity index is 153. The smallest absolute Gasteiger partial charge is 0.305 e. The maximum absolute atomic E-state index is 11.0. The van der Waals surface area contributed by atoms with Gasteiger partial charge in [0.2, 0.25) is 0 Å². The molecule has 1 aliphatic heterocycles. The molecule has 0 aromatic carbocycles. The molecular formula is C10H19NO2. The summed E-state index contributed by atoms with van der Waals surface area (Å²) in [7, 11) is 0. The molecule has 3 nitrogen and oxygen atoms in total. The SMILES string of the molecule is CCCC(=O)OC[C@H]1CCCCN1. The summed E-state index contributed by atoms with van der Waals surface area (Å²) in [5.41, 5.74) is 0. The zero-order valence-electron chi connectivity index (χ0n) is 8.34. The summed E-state index contributed by atoms with van der Waals surface area (Å²) in [6.45, 7) is 3.61. The van der Waals surface area contributed by atoms with E-state index in [0.29, 0.717) is 19.1 Å². The molecule has 0 amide bonds. The molecule has 1 aliphatic rings. The van der Waals surface area contributed by atoms with Gasteiger partial charge in [0.1, 0.15) is 6.61 Å². The van der Waals surface area contributed by atoms with Crippen LogP contribution in [0, 0.1) is 0 Å². The average Bonchev–Trinajstić information content (AvgIpc) is 2.17. The van der Waals surface area contributed by atoms with Crippen LogP contribution in [0.1, 0.15) is 39.0 Å². The molecule has 76 valence electrons. The standard InChI is InChI=1S/C10H19NO2/c1-2-5-10(12)13-8-9-6-3-4-7-11-9/h9,11H,2-8H2,1H3/t9-/m1/s1. The maximum atomic E-state index is 11.0. The highest BCUT2D eigenvalue weighted by Crippen LogP contribution is 2.07. The lowest BCUT2D eigenvalue weighted by molar-refractivity contribution is -0.144. The average molecular weight is 185 g/mol. The van der Waals surface area contributed by atoms with Crippen molar-refractivity contribution >= 4 is 5.97 Å². The van der Waals surface area contributed by atoms with E-state index in [0.717, 1.165) is 19.4 Å². The highest BCUT2D eigenvalue weighted by atomic mass is 16.5. The lowest BCUT2D eigenvalue weighted by Crippen LogP contribution is -2.38. The van der Waals surface area contributed by atoms with Crippen molar-refractivity contribution in [2.45, 2.75) is 45.1 Å². The normalized spacial score (nSPS) is 22.7. The van der Waals surface area contributed by atoms with E-state index in [1.165, 1.54) is 12.8 Å². The zero-order chi connectivity index (χ0) is 9.52. The van der Waals surface area contributed by atoms with Crippen LogP contribution in [-0.4, -0.2) is 25.2 Å². The third-order valence-electron chi connectivity index (χ3n) is 2.31. The van der Waals surface area contributed by atoms with Crippen molar-refractivity contribution in [2.24, 2.45) is 0 Å². The molecule has 1 rings (SSSR count). The fourth-order valence-electron chi connectivity index (χ4n) is 1.54. The first-order valence-corrected chi connectivity index (χ1v) is 5.22. The molecule has 0 aromatic rings. The van der Waals surface area contributed by atoms with Crippen molar-refractivity contribution < 1.29 is 9.53 Å². The number of esters is 1. The van der Waals surface area contributed by atoms with E-state index in [1.807, 2.05) is 6.92 Å². The van der Waals surface area contributed by atoms with Gasteiger partial charge in [0.05, 0.1) is 0 Å². The molecule has 13 heavy (non-hydrogen) atoms. The van der Waals surface area contributed by atoms with Crippen LogP contribution >= 0.6 is 0 Å². The van der Waals surface area contributed by atoms with Crippen LogP contribution in [0.25, 0.3) is 0 Å². The number of ether oxygens (including phenoxy) is 1. The Balaban J connectivity index is 2.06. The van der Waals surface area contributed by atoms with E-state index in [2.05, 4.69) is 5.32 Å². The Morgan fingerprint density at radius 2 is 2.38 bits per heavy atom. The van der Waals surface area contributed by atoms with E-state index >= 15 is 0 Å². The summed E-state index contributed by atoms with van der Waals surface area (Å²) < 4.78 is 5.12. The van der Waals surface area contributed by atoms with Crippen LogP contribution in [0.3, 0.4) is 0 Å². The molecule has 1 fully saturated rings. The van der Waals surface area contributed by atoms with Crippen LogP contribution in [0.5, 0.6) is 0 Å². The van der Waals surface area contributed by atoms with E-state index in [9.17, 15) is 4.79 Å². The second-order valence-corrected chi connectivity index (χ2v) is 3.58. The fraction of sp³-hybridized carbons (Fsp3) is 0.900. The predicted molar refractivity (Wildman–Crippen MR) is 51.5 cm³/mol. The molecule has 3 heteroatoms. The predicted octanol–water partition coefficient (Wildman–Crippen LogP) is 1.47. The monoisotopic (exact) mass is 185 g/mol. The Kier molecular flexibility index (Phi) is 4.83. The van der Waals surface area contributed by atoms with Crippen LogP contribution in [-0.2, 0) is 9.53 Å². The highest BCUT2D eigenvalue weighted by molar-refractivity contribution is 5.69. The summed E-state index contributed by atoms with van der Waals surface area (Å²) in [4.78, 5) is 11.0. The van der Waals surface area contributed by atoms with E-state index in [1.54, 1.807) is 0 Å². The minimum Gasteiger partial charge on any atom is -0.464 e. The van der Waals surface area contributed by atoms with E-state index in [-0.39, 0.29) is 5.97 Å². The van der Waals surface area contributed by atoms with Gasteiger partial charge in [0.15, 0.2) is 0 Å². The van der Waals surface area contributed by atoms with Crippen molar-refractivity contribution in [1.29, 1.82) is 0 Å². The number of hydrogen-bond acceptors (Lipinski definition) is 3. The van der Waals surface area contributed by atoms with Gasteiger partial charge in [-0.1, -0.05) is 13.3 Å². The minimum absolute atomic E-state index is 0.0603.